The molecule has 78 heavy (non-hydrogen) atoms. The van der Waals surface area contributed by atoms with Gasteiger partial charge in [-0.2, -0.15) is 39.5 Å². The molecule has 1 aliphatic rings. The van der Waals surface area contributed by atoms with Crippen molar-refractivity contribution in [3.05, 3.63) is 253 Å². The van der Waals surface area contributed by atoms with Crippen LogP contribution in [0.15, 0.2) is 237 Å². The number of alkyl halides is 9. The Labute approximate surface area is 442 Å². The van der Waals surface area contributed by atoms with Gasteiger partial charge in [0.1, 0.15) is 0 Å². The van der Waals surface area contributed by atoms with Gasteiger partial charge < -0.3 is 14.2 Å². The van der Waals surface area contributed by atoms with E-state index in [1.165, 1.54) is 36.4 Å². The van der Waals surface area contributed by atoms with Gasteiger partial charge in [-0.05, 0) is 172 Å². The van der Waals surface area contributed by atoms with Crippen LogP contribution in [0.25, 0.3) is 64.6 Å². The third kappa shape index (κ3) is 8.22. The van der Waals surface area contributed by atoms with E-state index in [2.05, 4.69) is 18.2 Å². The van der Waals surface area contributed by atoms with E-state index in [9.17, 15) is 39.5 Å². The van der Waals surface area contributed by atoms with E-state index >= 15 is 0 Å². The van der Waals surface area contributed by atoms with Crippen molar-refractivity contribution in [2.75, 3.05) is 14.2 Å². The van der Waals surface area contributed by atoms with E-state index < -0.39 is 56.2 Å². The Morgan fingerprint density at radius 1 is 0.231 bits per heavy atom. The minimum Gasteiger partial charge on any atom is -0.416 e. The summed E-state index contributed by atoms with van der Waals surface area (Å²) in [6.45, 7) is -3.44. The molecule has 1 saturated heterocycles. The molecule has 13 rings (SSSR count). The van der Waals surface area contributed by atoms with Crippen LogP contribution in [0.3, 0.4) is 0 Å². The summed E-state index contributed by atoms with van der Waals surface area (Å²) in [5, 5.41) is 9.40. The molecule has 1 aliphatic heterocycles. The lowest BCUT2D eigenvalue weighted by Gasteiger charge is -2.57. The summed E-state index contributed by atoms with van der Waals surface area (Å²) < 4.78 is 140. The zero-order valence-electron chi connectivity index (χ0n) is 41.0. The Morgan fingerprint density at radius 2 is 0.410 bits per heavy atom. The molecule has 0 N–H and O–H groups in total. The van der Waals surface area contributed by atoms with Gasteiger partial charge in [-0.15, -0.1) is 0 Å². The average molecular weight is 1040 g/mol. The fourth-order valence-corrected chi connectivity index (χ4v) is 11.9. The SMILES string of the molecule is FC(F)(F)c1ccc(N2B(c3c4ccccc4cc4ccccc34)N(c3ccc(C(F)(F)F)cc3)B(c3c4ccccc4cc4ccccc34)N(c3ccc(C(F)(F)F)cc3)B2c2c3ccccc3cc3ccccc23)cc1. The van der Waals surface area contributed by atoms with Crippen molar-refractivity contribution in [1.82, 2.24) is 0 Å². The maximum Gasteiger partial charge on any atom is 0.416 e. The maximum atomic E-state index is 14.8. The van der Waals surface area contributed by atoms with Crippen LogP contribution in [-0.2, 0) is 18.5 Å². The van der Waals surface area contributed by atoms with Crippen molar-refractivity contribution in [1.29, 1.82) is 0 Å². The van der Waals surface area contributed by atoms with E-state index in [1.54, 1.807) is 0 Å². The van der Waals surface area contributed by atoms with E-state index in [-0.39, 0.29) is 17.1 Å². The first-order valence-corrected chi connectivity index (χ1v) is 25.2. The molecule has 0 radical (unpaired) electrons. The number of halogens is 9. The molecule has 0 bridgehead atoms. The predicted octanol–water partition coefficient (Wildman–Crippen LogP) is 15.7. The fourth-order valence-electron chi connectivity index (χ4n) is 11.9. The number of fused-ring (bicyclic) bond motifs is 6. The summed E-state index contributed by atoms with van der Waals surface area (Å²) >= 11 is 0. The summed E-state index contributed by atoms with van der Waals surface area (Å²) in [7, 11) is 0. The number of benzene rings is 12. The second-order valence-corrected chi connectivity index (χ2v) is 19.7. The van der Waals surface area contributed by atoms with Crippen LogP contribution in [-0.4, -0.2) is 20.9 Å². The van der Waals surface area contributed by atoms with E-state index in [1.807, 2.05) is 160 Å². The van der Waals surface area contributed by atoms with Crippen LogP contribution in [0.2, 0.25) is 0 Å². The van der Waals surface area contributed by atoms with Gasteiger partial charge >= 0.3 is 39.5 Å². The zero-order chi connectivity index (χ0) is 53.7. The van der Waals surface area contributed by atoms with Crippen molar-refractivity contribution < 1.29 is 39.5 Å². The third-order valence-electron chi connectivity index (χ3n) is 15.3. The maximum absolute atomic E-state index is 14.8. The Morgan fingerprint density at radius 3 is 0.590 bits per heavy atom. The second-order valence-electron chi connectivity index (χ2n) is 19.7. The van der Waals surface area contributed by atoms with Crippen LogP contribution in [0, 0.1) is 0 Å². The Bertz CT molecular complexity index is 3670. The second kappa shape index (κ2) is 18.4. The van der Waals surface area contributed by atoms with Crippen LogP contribution in [0.1, 0.15) is 16.7 Å². The Balaban J connectivity index is 1.30. The van der Waals surface area contributed by atoms with Gasteiger partial charge in [-0.3, -0.25) is 0 Å². The molecule has 0 atom stereocenters. The molecule has 15 heteroatoms. The molecular weight excluding hydrogens is 1000 g/mol. The minimum atomic E-state index is -4.74. The van der Waals surface area contributed by atoms with E-state index in [4.69, 9.17) is 0 Å². The van der Waals surface area contributed by atoms with Gasteiger partial charge in [0.15, 0.2) is 0 Å². The summed E-state index contributed by atoms with van der Waals surface area (Å²) in [6, 6.07) is 67.2. The van der Waals surface area contributed by atoms with Crippen molar-refractivity contribution in [3.8, 4) is 0 Å². The van der Waals surface area contributed by atoms with E-state index in [0.717, 1.165) is 101 Å². The first-order chi connectivity index (χ1) is 37.6. The highest BCUT2D eigenvalue weighted by Crippen LogP contribution is 2.42. The van der Waals surface area contributed by atoms with Crippen molar-refractivity contribution >= 4 is 119 Å². The number of rotatable bonds is 6. The first kappa shape index (κ1) is 48.8. The number of nitrogens with zero attached hydrogens (tertiary/aromatic N) is 3. The highest BCUT2D eigenvalue weighted by molar-refractivity contribution is 7.17. The van der Waals surface area contributed by atoms with Crippen LogP contribution < -0.4 is 30.6 Å². The van der Waals surface area contributed by atoms with E-state index in [0.29, 0.717) is 16.4 Å². The molecule has 0 saturated carbocycles. The fraction of sp³-hybridized carbons (Fsp3) is 0.0476. The molecular formula is C63H39B3F9N3. The van der Waals surface area contributed by atoms with Gasteiger partial charge in [0.05, 0.1) is 16.7 Å². The summed E-state index contributed by atoms with van der Waals surface area (Å²) in [6.07, 6.45) is -14.2. The topological polar surface area (TPSA) is 9.72 Å². The molecule has 1 fully saturated rings. The number of hydrogen-bond donors (Lipinski definition) is 0. The smallest absolute Gasteiger partial charge is 0.416 e. The Hall–Kier alpha value is -8.84. The molecule has 12 aromatic rings. The van der Waals surface area contributed by atoms with Crippen molar-refractivity contribution in [3.63, 3.8) is 0 Å². The lowest BCUT2D eigenvalue weighted by atomic mass is 9.35. The summed E-state index contributed by atoms with van der Waals surface area (Å²) in [5.41, 5.74) is 0.135. The lowest BCUT2D eigenvalue weighted by Crippen LogP contribution is -2.86. The van der Waals surface area contributed by atoms with Crippen molar-refractivity contribution in [2.45, 2.75) is 18.5 Å². The highest BCUT2D eigenvalue weighted by Gasteiger charge is 2.58. The normalized spacial score (nSPS) is 13.8. The molecule has 378 valence electrons. The van der Waals surface area contributed by atoms with Gasteiger partial charge in [0.25, 0.3) is 0 Å². The molecule has 12 aromatic carbocycles. The average Bonchev–Trinajstić information content (AvgIpc) is 2.70. The minimum absolute atomic E-state index is 0.280. The number of hydrogen-bond acceptors (Lipinski definition) is 3. The zero-order valence-corrected chi connectivity index (χ0v) is 41.0. The van der Waals surface area contributed by atoms with Gasteiger partial charge in [-0.25, -0.2) is 0 Å². The van der Waals surface area contributed by atoms with Crippen LogP contribution >= 0.6 is 0 Å². The first-order valence-electron chi connectivity index (χ1n) is 25.2. The standard InChI is InChI=1S/C63H39B3F9N3/c67-61(68,69)46-25-31-49(32-26-46)76-64(58-52-19-7-1-13-40(52)37-41-14-2-8-20-53(41)58)77(50-33-27-47(28-34-50)62(70,71)72)66(60-56-23-11-5-17-44(56)39-45-18-6-12-24-57(45)60)78(51-35-29-48(30-36-51)63(73,74)75)65(76)59-54-21-9-3-15-42(54)38-43-16-4-10-22-55(43)59/h1-39H. The molecule has 1 heterocycles. The molecule has 0 spiro atoms. The summed E-state index contributed by atoms with van der Waals surface area (Å²) in [4.78, 5) is 0. The third-order valence-corrected chi connectivity index (χ3v) is 15.3. The van der Waals surface area contributed by atoms with Crippen molar-refractivity contribution in [2.24, 2.45) is 0 Å². The molecule has 0 aliphatic carbocycles. The predicted molar refractivity (Wildman–Crippen MR) is 302 cm³/mol. The molecule has 0 amide bonds. The van der Waals surface area contributed by atoms with Gasteiger partial charge in [0.2, 0.25) is 0 Å². The van der Waals surface area contributed by atoms with Crippen LogP contribution in [0.4, 0.5) is 56.6 Å². The van der Waals surface area contributed by atoms with Crippen LogP contribution in [0.5, 0.6) is 0 Å². The lowest BCUT2D eigenvalue weighted by molar-refractivity contribution is -0.138. The molecule has 0 aromatic heterocycles. The highest BCUT2D eigenvalue weighted by atomic mass is 19.4. The molecule has 3 nitrogen and oxygen atoms in total. The monoisotopic (exact) mass is 1040 g/mol. The van der Waals surface area contributed by atoms with Gasteiger partial charge in [-0.1, -0.05) is 146 Å². The Kier molecular flexibility index (Phi) is 11.5. The largest absolute Gasteiger partial charge is 0.416 e. The quantitative estimate of drug-likeness (QED) is 0.0933. The molecule has 0 unspecified atom stereocenters. The summed E-state index contributed by atoms with van der Waals surface area (Å²) in [5.74, 6) is 0. The van der Waals surface area contributed by atoms with Gasteiger partial charge in [0, 0.05) is 17.1 Å². The number of anilines is 3.